The molecular formula is C12H21N3OS. The van der Waals surface area contributed by atoms with E-state index >= 15 is 0 Å². The number of hydrogen-bond donors (Lipinski definition) is 1. The first kappa shape index (κ1) is 11.7. The average molecular weight is 255 g/mol. The molecule has 0 aromatic heterocycles. The largest absolute Gasteiger partial charge is 0.379 e. The van der Waals surface area contributed by atoms with E-state index in [4.69, 9.17) is 17.0 Å². The molecule has 17 heavy (non-hydrogen) atoms. The number of hydrogen-bond acceptors (Lipinski definition) is 3. The lowest BCUT2D eigenvalue weighted by Crippen LogP contribution is -2.48. The van der Waals surface area contributed by atoms with Gasteiger partial charge < -0.3 is 15.0 Å². The summed E-state index contributed by atoms with van der Waals surface area (Å²) in [6.45, 7) is 4.79. The third-order valence-electron chi connectivity index (χ3n) is 4.16. The van der Waals surface area contributed by atoms with Crippen molar-refractivity contribution in [2.45, 2.75) is 37.8 Å². The Labute approximate surface area is 108 Å². The first-order valence-electron chi connectivity index (χ1n) is 6.72. The first-order chi connectivity index (χ1) is 8.34. The Kier molecular flexibility index (Phi) is 3.49. The van der Waals surface area contributed by atoms with Gasteiger partial charge in [-0.3, -0.25) is 4.90 Å². The minimum atomic E-state index is 0.609. The van der Waals surface area contributed by atoms with Crippen molar-refractivity contribution in [2.75, 3.05) is 33.0 Å². The predicted molar refractivity (Wildman–Crippen MR) is 70.9 cm³/mol. The number of rotatable bonds is 2. The summed E-state index contributed by atoms with van der Waals surface area (Å²) in [6, 6.07) is 1.25. The standard InChI is InChI=1S/C12H21N3OS/c17-12-13-10-3-1-2-4-11(10)15(12)9-14-5-7-16-8-6-14/h10-11H,1-9H2,(H,13,17)/t10-,11-/m1/s1. The molecule has 96 valence electrons. The fourth-order valence-corrected chi connectivity index (χ4v) is 3.52. The number of fused-ring (bicyclic) bond motifs is 1. The van der Waals surface area contributed by atoms with Crippen LogP contribution in [0.4, 0.5) is 0 Å². The maximum Gasteiger partial charge on any atom is 0.170 e. The third-order valence-corrected chi connectivity index (χ3v) is 4.51. The van der Waals surface area contributed by atoms with Gasteiger partial charge in [0.2, 0.25) is 0 Å². The molecule has 1 N–H and O–H groups in total. The van der Waals surface area contributed by atoms with Crippen LogP contribution >= 0.6 is 12.2 Å². The van der Waals surface area contributed by atoms with Crippen LogP contribution in [0, 0.1) is 0 Å². The van der Waals surface area contributed by atoms with E-state index in [1.165, 1.54) is 25.7 Å². The number of nitrogens with one attached hydrogen (secondary N) is 1. The normalized spacial score (nSPS) is 34.6. The number of nitrogens with zero attached hydrogens (tertiary/aromatic N) is 2. The van der Waals surface area contributed by atoms with Crippen molar-refractivity contribution in [1.29, 1.82) is 0 Å². The summed E-state index contributed by atoms with van der Waals surface area (Å²) in [5.41, 5.74) is 0. The van der Waals surface area contributed by atoms with Gasteiger partial charge in [-0.15, -0.1) is 0 Å². The van der Waals surface area contributed by atoms with E-state index in [-0.39, 0.29) is 0 Å². The fourth-order valence-electron chi connectivity index (χ4n) is 3.17. The molecule has 0 spiro atoms. The quantitative estimate of drug-likeness (QED) is 0.736. The summed E-state index contributed by atoms with van der Waals surface area (Å²) < 4.78 is 5.39. The van der Waals surface area contributed by atoms with Crippen LogP contribution in [0.15, 0.2) is 0 Å². The highest BCUT2D eigenvalue weighted by molar-refractivity contribution is 7.80. The molecule has 3 fully saturated rings. The SMILES string of the molecule is S=C1N[C@@H]2CCCC[C@H]2N1CN1CCOCC1. The number of morpholine rings is 1. The van der Waals surface area contributed by atoms with Crippen molar-refractivity contribution in [3.8, 4) is 0 Å². The first-order valence-corrected chi connectivity index (χ1v) is 7.12. The van der Waals surface area contributed by atoms with E-state index in [0.717, 1.165) is 38.1 Å². The molecule has 2 heterocycles. The predicted octanol–water partition coefficient (Wildman–Crippen LogP) is 0.777. The molecular weight excluding hydrogens is 234 g/mol. The van der Waals surface area contributed by atoms with E-state index in [9.17, 15) is 0 Å². The van der Waals surface area contributed by atoms with Gasteiger partial charge in [-0.1, -0.05) is 12.8 Å². The van der Waals surface area contributed by atoms with Crippen molar-refractivity contribution in [1.82, 2.24) is 15.1 Å². The summed E-state index contributed by atoms with van der Waals surface area (Å²) in [5, 5.41) is 4.46. The third kappa shape index (κ3) is 2.41. The van der Waals surface area contributed by atoms with Crippen LogP contribution < -0.4 is 5.32 Å². The Bertz CT molecular complexity index is 293. The van der Waals surface area contributed by atoms with Gasteiger partial charge in [0.25, 0.3) is 0 Å². The summed E-state index contributed by atoms with van der Waals surface area (Å²) in [7, 11) is 0. The lowest BCUT2D eigenvalue weighted by Gasteiger charge is -2.36. The van der Waals surface area contributed by atoms with Crippen molar-refractivity contribution < 1.29 is 4.74 Å². The molecule has 2 aliphatic heterocycles. The Hall–Kier alpha value is -0.390. The Balaban J connectivity index is 1.62. The second-order valence-electron chi connectivity index (χ2n) is 5.25. The Morgan fingerprint density at radius 3 is 2.82 bits per heavy atom. The highest BCUT2D eigenvalue weighted by atomic mass is 32.1. The smallest absolute Gasteiger partial charge is 0.170 e. The molecule has 0 aromatic rings. The molecule has 2 atom stereocenters. The summed E-state index contributed by atoms with van der Waals surface area (Å²) in [4.78, 5) is 4.86. The van der Waals surface area contributed by atoms with Gasteiger partial charge in [0, 0.05) is 19.1 Å². The van der Waals surface area contributed by atoms with Crippen LogP contribution in [-0.2, 0) is 4.74 Å². The Morgan fingerprint density at radius 2 is 2.00 bits per heavy atom. The molecule has 4 nitrogen and oxygen atoms in total. The van der Waals surface area contributed by atoms with E-state index < -0.39 is 0 Å². The van der Waals surface area contributed by atoms with Gasteiger partial charge in [0.05, 0.1) is 25.9 Å². The lowest BCUT2D eigenvalue weighted by atomic mass is 9.91. The topological polar surface area (TPSA) is 27.7 Å². The van der Waals surface area contributed by atoms with Gasteiger partial charge in [0.1, 0.15) is 0 Å². The molecule has 1 aliphatic carbocycles. The monoisotopic (exact) mass is 255 g/mol. The summed E-state index contributed by atoms with van der Waals surface area (Å²) in [6.07, 6.45) is 5.28. The molecule has 0 bridgehead atoms. The molecule has 0 radical (unpaired) electrons. The van der Waals surface area contributed by atoms with E-state index in [0.29, 0.717) is 12.1 Å². The van der Waals surface area contributed by atoms with Gasteiger partial charge in [-0.2, -0.15) is 0 Å². The molecule has 0 aromatic carbocycles. The maximum atomic E-state index is 5.48. The van der Waals surface area contributed by atoms with E-state index in [1.54, 1.807) is 0 Å². The van der Waals surface area contributed by atoms with Crippen LogP contribution in [0.25, 0.3) is 0 Å². The summed E-state index contributed by atoms with van der Waals surface area (Å²) in [5.74, 6) is 0. The molecule has 1 saturated carbocycles. The zero-order valence-corrected chi connectivity index (χ0v) is 11.0. The zero-order chi connectivity index (χ0) is 11.7. The van der Waals surface area contributed by atoms with Gasteiger partial charge >= 0.3 is 0 Å². The Morgan fingerprint density at radius 1 is 1.24 bits per heavy atom. The zero-order valence-electron chi connectivity index (χ0n) is 10.2. The summed E-state index contributed by atoms with van der Waals surface area (Å²) >= 11 is 5.48. The van der Waals surface area contributed by atoms with E-state index in [2.05, 4.69) is 15.1 Å². The van der Waals surface area contributed by atoms with E-state index in [1.807, 2.05) is 0 Å². The van der Waals surface area contributed by atoms with Crippen LogP contribution in [0.3, 0.4) is 0 Å². The maximum absolute atomic E-state index is 5.48. The molecule has 3 rings (SSSR count). The van der Waals surface area contributed by atoms with Crippen LogP contribution in [0.2, 0.25) is 0 Å². The molecule has 3 aliphatic rings. The molecule has 0 unspecified atom stereocenters. The minimum absolute atomic E-state index is 0.609. The highest BCUT2D eigenvalue weighted by Gasteiger charge is 2.38. The van der Waals surface area contributed by atoms with Crippen molar-refractivity contribution >= 4 is 17.3 Å². The average Bonchev–Trinajstić information content (AvgIpc) is 2.68. The highest BCUT2D eigenvalue weighted by Crippen LogP contribution is 2.28. The molecule has 2 saturated heterocycles. The molecule has 0 amide bonds. The fraction of sp³-hybridized carbons (Fsp3) is 0.917. The minimum Gasteiger partial charge on any atom is -0.379 e. The second-order valence-corrected chi connectivity index (χ2v) is 5.64. The second kappa shape index (κ2) is 5.08. The van der Waals surface area contributed by atoms with Crippen LogP contribution in [0.1, 0.15) is 25.7 Å². The van der Waals surface area contributed by atoms with Crippen LogP contribution in [0.5, 0.6) is 0 Å². The molecule has 5 heteroatoms. The van der Waals surface area contributed by atoms with Crippen molar-refractivity contribution in [3.05, 3.63) is 0 Å². The van der Waals surface area contributed by atoms with Gasteiger partial charge in [-0.05, 0) is 25.1 Å². The number of thiocarbonyl (C=S) groups is 1. The van der Waals surface area contributed by atoms with Crippen molar-refractivity contribution in [2.24, 2.45) is 0 Å². The lowest BCUT2D eigenvalue weighted by molar-refractivity contribution is 0.0159. The van der Waals surface area contributed by atoms with Crippen LogP contribution in [-0.4, -0.2) is 60.0 Å². The van der Waals surface area contributed by atoms with Gasteiger partial charge in [0.15, 0.2) is 5.11 Å². The number of ether oxygens (including phenoxy) is 1. The van der Waals surface area contributed by atoms with Crippen molar-refractivity contribution in [3.63, 3.8) is 0 Å². The van der Waals surface area contributed by atoms with Gasteiger partial charge in [-0.25, -0.2) is 0 Å².